The third kappa shape index (κ3) is 2.90. The molecule has 1 atom stereocenters. The van der Waals surface area contributed by atoms with Gasteiger partial charge < -0.3 is 5.11 Å². The zero-order chi connectivity index (χ0) is 15.6. The van der Waals surface area contributed by atoms with Gasteiger partial charge in [0, 0.05) is 11.4 Å². The van der Waals surface area contributed by atoms with Gasteiger partial charge in [-0.1, -0.05) is 49.6 Å². The minimum absolute atomic E-state index is 0.127. The summed E-state index contributed by atoms with van der Waals surface area (Å²) < 4.78 is 1.72. The van der Waals surface area contributed by atoms with Crippen molar-refractivity contribution in [3.05, 3.63) is 47.5 Å². The van der Waals surface area contributed by atoms with Crippen molar-refractivity contribution in [3.63, 3.8) is 0 Å². The molecule has 0 amide bonds. The van der Waals surface area contributed by atoms with Crippen molar-refractivity contribution in [2.45, 2.75) is 51.2 Å². The van der Waals surface area contributed by atoms with Gasteiger partial charge in [-0.05, 0) is 29.9 Å². The molecule has 0 spiro atoms. The number of aromatic nitrogens is 3. The standard InChI is InChI=1S/C17H22ClN3O/c1-16(8-4-5-9-16)17(22,11-21-13-19-12-20-21)10-14-6-2-3-7-15(14)18/h2-3,6-7,12-13,22H,4-5,8-11H2,1H3. The zero-order valence-electron chi connectivity index (χ0n) is 12.9. The van der Waals surface area contributed by atoms with Gasteiger partial charge in [0.1, 0.15) is 12.7 Å². The Morgan fingerprint density at radius 1 is 1.32 bits per heavy atom. The summed E-state index contributed by atoms with van der Waals surface area (Å²) in [5.74, 6) is 0. The van der Waals surface area contributed by atoms with Gasteiger partial charge >= 0.3 is 0 Å². The molecule has 4 nitrogen and oxygen atoms in total. The minimum atomic E-state index is -0.887. The molecule has 22 heavy (non-hydrogen) atoms. The number of nitrogens with zero attached hydrogens (tertiary/aromatic N) is 3. The topological polar surface area (TPSA) is 50.9 Å². The van der Waals surface area contributed by atoms with E-state index in [1.807, 2.05) is 24.3 Å². The molecule has 2 aromatic rings. The van der Waals surface area contributed by atoms with E-state index >= 15 is 0 Å². The molecule has 5 heteroatoms. The number of halogens is 1. The van der Waals surface area contributed by atoms with Crippen LogP contribution in [0.25, 0.3) is 0 Å². The fourth-order valence-corrected chi connectivity index (χ4v) is 3.82. The van der Waals surface area contributed by atoms with Crippen LogP contribution in [-0.4, -0.2) is 25.5 Å². The first kappa shape index (κ1) is 15.5. The summed E-state index contributed by atoms with van der Waals surface area (Å²) in [4.78, 5) is 3.99. The lowest BCUT2D eigenvalue weighted by molar-refractivity contribution is -0.0879. The maximum atomic E-state index is 11.6. The number of rotatable bonds is 5. The van der Waals surface area contributed by atoms with Crippen LogP contribution in [0.2, 0.25) is 5.02 Å². The fourth-order valence-electron chi connectivity index (χ4n) is 3.62. The Bertz CT molecular complexity index is 623. The number of hydrogen-bond acceptors (Lipinski definition) is 3. The highest BCUT2D eigenvalue weighted by Crippen LogP contribution is 2.48. The van der Waals surface area contributed by atoms with Crippen LogP contribution < -0.4 is 0 Å². The van der Waals surface area contributed by atoms with E-state index in [4.69, 9.17) is 11.6 Å². The van der Waals surface area contributed by atoms with Crippen molar-refractivity contribution < 1.29 is 5.11 Å². The Balaban J connectivity index is 1.93. The van der Waals surface area contributed by atoms with Crippen molar-refractivity contribution >= 4 is 11.6 Å². The van der Waals surface area contributed by atoms with E-state index in [2.05, 4.69) is 17.0 Å². The second-order valence-corrected chi connectivity index (χ2v) is 7.07. The lowest BCUT2D eigenvalue weighted by atomic mass is 9.69. The predicted molar refractivity (Wildman–Crippen MR) is 86.7 cm³/mol. The maximum Gasteiger partial charge on any atom is 0.137 e. The van der Waals surface area contributed by atoms with Crippen molar-refractivity contribution in [2.24, 2.45) is 5.41 Å². The molecule has 3 rings (SSSR count). The summed E-state index contributed by atoms with van der Waals surface area (Å²) in [5, 5.41) is 16.5. The fraction of sp³-hybridized carbons (Fsp3) is 0.529. The van der Waals surface area contributed by atoms with Crippen LogP contribution in [-0.2, 0) is 13.0 Å². The van der Waals surface area contributed by atoms with Gasteiger partial charge in [-0.25, -0.2) is 4.98 Å². The maximum absolute atomic E-state index is 11.6. The molecule has 1 aliphatic carbocycles. The second-order valence-electron chi connectivity index (χ2n) is 6.66. The highest BCUT2D eigenvalue weighted by molar-refractivity contribution is 6.31. The molecule has 1 aromatic carbocycles. The average molecular weight is 320 g/mol. The molecule has 0 bridgehead atoms. The molecule has 0 aliphatic heterocycles. The molecule has 1 N–H and O–H groups in total. The van der Waals surface area contributed by atoms with E-state index in [1.165, 1.54) is 19.2 Å². The summed E-state index contributed by atoms with van der Waals surface area (Å²) in [6.45, 7) is 2.63. The van der Waals surface area contributed by atoms with Crippen LogP contribution in [0, 0.1) is 5.41 Å². The van der Waals surface area contributed by atoms with Gasteiger partial charge in [-0.2, -0.15) is 5.10 Å². The van der Waals surface area contributed by atoms with Gasteiger partial charge in [-0.15, -0.1) is 0 Å². The van der Waals surface area contributed by atoms with Gasteiger partial charge in [0.25, 0.3) is 0 Å². The van der Waals surface area contributed by atoms with Gasteiger partial charge in [-0.3, -0.25) is 4.68 Å². The molecule has 1 aliphatic rings. The lowest BCUT2D eigenvalue weighted by Crippen LogP contribution is -2.50. The molecule has 0 saturated heterocycles. The van der Waals surface area contributed by atoms with Crippen LogP contribution in [0.3, 0.4) is 0 Å². The Morgan fingerprint density at radius 3 is 2.68 bits per heavy atom. The summed E-state index contributed by atoms with van der Waals surface area (Å²) >= 11 is 6.32. The van der Waals surface area contributed by atoms with Crippen LogP contribution in [0.1, 0.15) is 38.2 Å². The van der Waals surface area contributed by atoms with Crippen molar-refractivity contribution in [3.8, 4) is 0 Å². The Morgan fingerprint density at radius 2 is 2.05 bits per heavy atom. The van der Waals surface area contributed by atoms with Gasteiger partial charge in [0.15, 0.2) is 0 Å². The first-order chi connectivity index (χ1) is 10.5. The number of hydrogen-bond donors (Lipinski definition) is 1. The predicted octanol–water partition coefficient (Wildman–Crippen LogP) is 3.49. The first-order valence-corrected chi connectivity index (χ1v) is 8.18. The molecule has 1 aromatic heterocycles. The monoisotopic (exact) mass is 319 g/mol. The van der Waals surface area contributed by atoms with E-state index in [-0.39, 0.29) is 5.41 Å². The summed E-state index contributed by atoms with van der Waals surface area (Å²) in [5.41, 5.74) is -0.0276. The number of benzene rings is 1. The second kappa shape index (κ2) is 6.01. The van der Waals surface area contributed by atoms with Crippen LogP contribution >= 0.6 is 11.6 Å². The minimum Gasteiger partial charge on any atom is -0.387 e. The van der Waals surface area contributed by atoms with Crippen molar-refractivity contribution in [1.29, 1.82) is 0 Å². The summed E-state index contributed by atoms with van der Waals surface area (Å²) in [7, 11) is 0. The largest absolute Gasteiger partial charge is 0.387 e. The van der Waals surface area contributed by atoms with E-state index in [1.54, 1.807) is 11.0 Å². The molecule has 1 saturated carbocycles. The quantitative estimate of drug-likeness (QED) is 0.918. The third-order valence-electron chi connectivity index (χ3n) is 5.16. The highest BCUT2D eigenvalue weighted by atomic mass is 35.5. The summed E-state index contributed by atoms with van der Waals surface area (Å²) in [6.07, 6.45) is 8.09. The number of aliphatic hydroxyl groups is 1. The smallest absolute Gasteiger partial charge is 0.137 e. The van der Waals surface area contributed by atoms with E-state index in [0.29, 0.717) is 18.0 Å². The normalized spacial score (nSPS) is 20.0. The van der Waals surface area contributed by atoms with Gasteiger partial charge in [0.2, 0.25) is 0 Å². The molecular formula is C17H22ClN3O. The van der Waals surface area contributed by atoms with Crippen LogP contribution in [0.5, 0.6) is 0 Å². The summed E-state index contributed by atoms with van der Waals surface area (Å²) in [6, 6.07) is 7.75. The van der Waals surface area contributed by atoms with Crippen LogP contribution in [0.4, 0.5) is 0 Å². The molecule has 0 radical (unpaired) electrons. The van der Waals surface area contributed by atoms with Crippen LogP contribution in [0.15, 0.2) is 36.9 Å². The van der Waals surface area contributed by atoms with E-state index in [9.17, 15) is 5.11 Å². The Kier molecular flexibility index (Phi) is 4.24. The van der Waals surface area contributed by atoms with Crippen molar-refractivity contribution in [1.82, 2.24) is 14.8 Å². The lowest BCUT2D eigenvalue weighted by Gasteiger charge is -2.43. The zero-order valence-corrected chi connectivity index (χ0v) is 13.6. The molecule has 1 fully saturated rings. The Labute approximate surface area is 136 Å². The van der Waals surface area contributed by atoms with E-state index < -0.39 is 5.60 Å². The Hall–Kier alpha value is -1.39. The highest BCUT2D eigenvalue weighted by Gasteiger charge is 2.48. The van der Waals surface area contributed by atoms with Gasteiger partial charge in [0.05, 0.1) is 12.1 Å². The molecular weight excluding hydrogens is 298 g/mol. The average Bonchev–Trinajstić information content (AvgIpc) is 3.14. The third-order valence-corrected chi connectivity index (χ3v) is 5.53. The SMILES string of the molecule is CC1(C(O)(Cc2ccccc2Cl)Cn2cncn2)CCCC1. The van der Waals surface area contributed by atoms with Crippen molar-refractivity contribution in [2.75, 3.05) is 0 Å². The molecule has 1 heterocycles. The molecule has 118 valence electrons. The van der Waals surface area contributed by atoms with E-state index in [0.717, 1.165) is 18.4 Å². The molecule has 1 unspecified atom stereocenters. The first-order valence-electron chi connectivity index (χ1n) is 7.81.